The zero-order valence-electron chi connectivity index (χ0n) is 15.0. The van der Waals surface area contributed by atoms with Gasteiger partial charge in [-0.3, -0.25) is 25.7 Å². The molecule has 2 aromatic carbocycles. The van der Waals surface area contributed by atoms with Gasteiger partial charge in [0.2, 0.25) is 0 Å². The third kappa shape index (κ3) is 4.69. The summed E-state index contributed by atoms with van der Waals surface area (Å²) in [5.41, 5.74) is 3.36. The first kappa shape index (κ1) is 19.4. The van der Waals surface area contributed by atoms with Gasteiger partial charge in [0.05, 0.1) is 28.0 Å². The maximum Gasteiger partial charge on any atom is 0.301 e. The number of nitro groups is 2. The van der Waals surface area contributed by atoms with Crippen molar-refractivity contribution >= 4 is 22.8 Å². The summed E-state index contributed by atoms with van der Waals surface area (Å²) in [6, 6.07) is 17.2. The van der Waals surface area contributed by atoms with E-state index in [0.29, 0.717) is 21.7 Å². The van der Waals surface area contributed by atoms with E-state index in [1.165, 1.54) is 12.3 Å². The topological polar surface area (TPSA) is 138 Å². The zero-order chi connectivity index (χ0) is 20.8. The molecule has 0 aliphatic heterocycles. The molecule has 3 rings (SSSR count). The molecule has 10 heteroatoms. The van der Waals surface area contributed by atoms with Crippen LogP contribution in [0, 0.1) is 25.4 Å². The molecule has 0 radical (unpaired) electrons. The lowest BCUT2D eigenvalue weighted by atomic mass is 10.1. The van der Waals surface area contributed by atoms with Gasteiger partial charge in [0.1, 0.15) is 5.69 Å². The molecule has 0 fully saturated rings. The van der Waals surface area contributed by atoms with E-state index in [-0.39, 0.29) is 12.1 Å². The monoisotopic (exact) mass is 393 g/mol. The largest absolute Gasteiger partial charge is 0.618 e. The Morgan fingerprint density at radius 1 is 0.966 bits per heavy atom. The molecule has 0 spiro atoms. The maximum absolute atomic E-state index is 12.0. The number of hydrogen-bond acceptors (Lipinski definition) is 7. The summed E-state index contributed by atoms with van der Waals surface area (Å²) >= 11 is 0. The van der Waals surface area contributed by atoms with Crippen LogP contribution in [0.4, 0.5) is 17.1 Å². The van der Waals surface area contributed by atoms with Crippen molar-refractivity contribution in [1.82, 2.24) is 0 Å². The van der Waals surface area contributed by atoms with Crippen LogP contribution >= 0.6 is 0 Å². The number of nitrogens with zero attached hydrogens (tertiary/aromatic N) is 4. The first-order chi connectivity index (χ1) is 14.0. The second-order valence-electron chi connectivity index (χ2n) is 5.95. The van der Waals surface area contributed by atoms with Crippen LogP contribution in [-0.4, -0.2) is 15.6 Å². The van der Waals surface area contributed by atoms with Crippen molar-refractivity contribution in [3.63, 3.8) is 0 Å². The number of nitro benzene ring substituents is 2. The van der Waals surface area contributed by atoms with Crippen molar-refractivity contribution in [1.29, 1.82) is 0 Å². The Bertz CT molecular complexity index is 1090. The number of nitrogens with one attached hydrogen (secondary N) is 1. The van der Waals surface area contributed by atoms with Gasteiger partial charge in [-0.15, -0.1) is 0 Å². The van der Waals surface area contributed by atoms with Crippen LogP contribution in [0.5, 0.6) is 0 Å². The fourth-order valence-corrected chi connectivity index (χ4v) is 2.62. The van der Waals surface area contributed by atoms with Gasteiger partial charge in [-0.25, -0.2) is 0 Å². The molecule has 3 aromatic rings. The summed E-state index contributed by atoms with van der Waals surface area (Å²) in [7, 11) is 0. The Balaban J connectivity index is 1.98. The first-order valence-corrected chi connectivity index (χ1v) is 8.43. The maximum atomic E-state index is 12.0. The van der Waals surface area contributed by atoms with Crippen LogP contribution < -0.4 is 10.2 Å². The minimum atomic E-state index is -0.726. The van der Waals surface area contributed by atoms with Crippen molar-refractivity contribution in [2.24, 2.45) is 5.10 Å². The van der Waals surface area contributed by atoms with Gasteiger partial charge in [-0.1, -0.05) is 30.3 Å². The summed E-state index contributed by atoms with van der Waals surface area (Å²) in [4.78, 5) is 20.7. The minimum absolute atomic E-state index is 0.00269. The Hall–Kier alpha value is -4.34. The second-order valence-corrected chi connectivity index (χ2v) is 5.95. The highest BCUT2D eigenvalue weighted by Gasteiger charge is 2.20. The lowest BCUT2D eigenvalue weighted by Crippen LogP contribution is -2.32. The van der Waals surface area contributed by atoms with Crippen LogP contribution in [0.2, 0.25) is 0 Å². The Kier molecular flexibility index (Phi) is 5.74. The van der Waals surface area contributed by atoms with Gasteiger partial charge in [0.15, 0.2) is 11.9 Å². The number of hydrazone groups is 1. The van der Waals surface area contributed by atoms with Crippen molar-refractivity contribution < 1.29 is 14.6 Å². The molecule has 1 N–H and O–H groups in total. The van der Waals surface area contributed by atoms with Gasteiger partial charge >= 0.3 is 5.69 Å². The summed E-state index contributed by atoms with van der Waals surface area (Å²) < 4.78 is 0.715. The van der Waals surface area contributed by atoms with E-state index in [1.807, 2.05) is 6.07 Å². The van der Waals surface area contributed by atoms with Gasteiger partial charge < -0.3 is 5.21 Å². The molecule has 0 amide bonds. The van der Waals surface area contributed by atoms with Crippen molar-refractivity contribution in [3.05, 3.63) is 110 Å². The Labute approximate surface area is 164 Å². The number of rotatable bonds is 7. The Morgan fingerprint density at radius 3 is 2.34 bits per heavy atom. The quantitative estimate of drug-likeness (QED) is 0.215. The predicted molar refractivity (Wildman–Crippen MR) is 105 cm³/mol. The lowest BCUT2D eigenvalue weighted by Gasteiger charge is -2.09. The minimum Gasteiger partial charge on any atom is -0.618 e. The SMILES string of the molecule is O=[N+]([O-])c1ccc(N/N=C(\Cc2cccc[n+]2[O-])c2ccccc2)c([N+](=O)[O-])c1. The normalized spacial score (nSPS) is 11.1. The fraction of sp³-hybridized carbons (Fsp3) is 0.0526. The summed E-state index contributed by atoms with van der Waals surface area (Å²) in [6.07, 6.45) is 1.54. The van der Waals surface area contributed by atoms with Gasteiger partial charge in [0.25, 0.3) is 5.69 Å². The van der Waals surface area contributed by atoms with E-state index in [0.717, 1.165) is 12.1 Å². The van der Waals surface area contributed by atoms with Crippen molar-refractivity contribution in [3.8, 4) is 0 Å². The standard InChI is InChI=1S/C19H15N5O5/c25-22-11-5-4-8-15(22)12-18(14-6-2-1-3-7-14)21-20-17-10-9-16(23(26)27)13-19(17)24(28)29/h1-11,13,20H,12H2/b21-18+. The third-order valence-corrected chi connectivity index (χ3v) is 4.06. The Morgan fingerprint density at radius 2 is 1.69 bits per heavy atom. The predicted octanol–water partition coefficient (Wildman–Crippen LogP) is 3.20. The molecule has 0 unspecified atom stereocenters. The van der Waals surface area contributed by atoms with Crippen LogP contribution in [0.25, 0.3) is 0 Å². The van der Waals surface area contributed by atoms with E-state index in [4.69, 9.17) is 0 Å². The van der Waals surface area contributed by atoms with E-state index in [1.54, 1.807) is 42.5 Å². The van der Waals surface area contributed by atoms with Crippen LogP contribution in [0.15, 0.2) is 78.0 Å². The molecule has 0 atom stereocenters. The molecule has 1 aromatic heterocycles. The highest BCUT2D eigenvalue weighted by atomic mass is 16.6. The third-order valence-electron chi connectivity index (χ3n) is 4.06. The van der Waals surface area contributed by atoms with Gasteiger partial charge in [-0.2, -0.15) is 9.83 Å². The molecule has 0 saturated carbocycles. The van der Waals surface area contributed by atoms with Crippen molar-refractivity contribution in [2.45, 2.75) is 6.42 Å². The number of hydrogen-bond donors (Lipinski definition) is 1. The summed E-state index contributed by atoms with van der Waals surface area (Å²) in [6.45, 7) is 0. The summed E-state index contributed by atoms with van der Waals surface area (Å²) in [5, 5.41) is 38.4. The number of non-ortho nitro benzene ring substituents is 1. The fourth-order valence-electron chi connectivity index (χ4n) is 2.62. The average Bonchev–Trinajstić information content (AvgIpc) is 2.72. The van der Waals surface area contributed by atoms with E-state index in [9.17, 15) is 25.4 Å². The second kappa shape index (κ2) is 8.57. The van der Waals surface area contributed by atoms with Crippen molar-refractivity contribution in [2.75, 3.05) is 5.43 Å². The molecular formula is C19H15N5O5. The van der Waals surface area contributed by atoms with E-state index >= 15 is 0 Å². The van der Waals surface area contributed by atoms with Gasteiger partial charge in [-0.05, 0) is 17.7 Å². The molecule has 10 nitrogen and oxygen atoms in total. The molecular weight excluding hydrogens is 378 g/mol. The molecule has 1 heterocycles. The zero-order valence-corrected chi connectivity index (χ0v) is 15.0. The molecule has 146 valence electrons. The van der Waals surface area contributed by atoms with Gasteiger partial charge in [0, 0.05) is 18.2 Å². The molecule has 0 bridgehead atoms. The summed E-state index contributed by atoms with van der Waals surface area (Å²) in [5.74, 6) is 0. The first-order valence-electron chi connectivity index (χ1n) is 8.43. The number of aromatic nitrogens is 1. The van der Waals surface area contributed by atoms with Crippen LogP contribution in [-0.2, 0) is 6.42 Å². The highest BCUT2D eigenvalue weighted by molar-refractivity contribution is 6.02. The molecule has 0 saturated heterocycles. The van der Waals surface area contributed by atoms with Crippen LogP contribution in [0.1, 0.15) is 11.3 Å². The number of pyridine rings is 1. The van der Waals surface area contributed by atoms with Crippen LogP contribution in [0.3, 0.4) is 0 Å². The highest BCUT2D eigenvalue weighted by Crippen LogP contribution is 2.29. The smallest absolute Gasteiger partial charge is 0.301 e. The molecule has 0 aliphatic carbocycles. The lowest BCUT2D eigenvalue weighted by molar-refractivity contribution is -0.613. The van der Waals surface area contributed by atoms with E-state index < -0.39 is 21.2 Å². The average molecular weight is 393 g/mol. The number of benzene rings is 2. The molecule has 29 heavy (non-hydrogen) atoms. The number of anilines is 1. The molecule has 0 aliphatic rings. The van der Waals surface area contributed by atoms with E-state index in [2.05, 4.69) is 10.5 Å².